The summed E-state index contributed by atoms with van der Waals surface area (Å²) in [6, 6.07) is 0. The molecule has 1 amide bonds. The normalized spacial score (nSPS) is 15.4. The highest BCUT2D eigenvalue weighted by Crippen LogP contribution is 2.23. The molecule has 1 aromatic heterocycles. The van der Waals surface area contributed by atoms with Crippen molar-refractivity contribution in [3.8, 4) is 0 Å². The van der Waals surface area contributed by atoms with Crippen molar-refractivity contribution in [2.75, 3.05) is 26.7 Å². The number of amides is 1. The first-order chi connectivity index (χ1) is 9.61. The van der Waals surface area contributed by atoms with Crippen molar-refractivity contribution in [1.29, 1.82) is 0 Å². The maximum atomic E-state index is 12.4. The van der Waals surface area contributed by atoms with Crippen LogP contribution in [0.25, 0.3) is 0 Å². The van der Waals surface area contributed by atoms with Crippen molar-refractivity contribution < 1.29 is 4.79 Å². The van der Waals surface area contributed by atoms with Crippen LogP contribution in [-0.4, -0.2) is 42.5 Å². The Morgan fingerprint density at radius 2 is 2.05 bits per heavy atom. The maximum Gasteiger partial charge on any atom is 0.273 e. The first kappa shape index (κ1) is 21.6. The van der Waals surface area contributed by atoms with Crippen molar-refractivity contribution in [3.05, 3.63) is 16.1 Å². The zero-order valence-corrected chi connectivity index (χ0v) is 16.0. The smallest absolute Gasteiger partial charge is 0.273 e. The summed E-state index contributed by atoms with van der Waals surface area (Å²) < 4.78 is 0. The Morgan fingerprint density at radius 1 is 1.41 bits per heavy atom. The quantitative estimate of drug-likeness (QED) is 0.864. The maximum absolute atomic E-state index is 12.4. The van der Waals surface area contributed by atoms with Crippen molar-refractivity contribution in [1.82, 2.24) is 15.2 Å². The molecule has 2 rings (SSSR count). The van der Waals surface area contributed by atoms with Crippen LogP contribution < -0.4 is 5.32 Å². The number of hydrogen-bond donors (Lipinski definition) is 1. The fourth-order valence-corrected chi connectivity index (χ4v) is 3.40. The fraction of sp³-hybridized carbons (Fsp3) is 0.733. The molecule has 4 nitrogen and oxygen atoms in total. The minimum atomic E-state index is 0. The van der Waals surface area contributed by atoms with E-state index in [1.165, 1.54) is 6.42 Å². The Balaban J connectivity index is 0.00000220. The molecule has 2 heterocycles. The highest BCUT2D eigenvalue weighted by molar-refractivity contribution is 7.09. The number of hydrogen-bond acceptors (Lipinski definition) is 4. The fourth-order valence-electron chi connectivity index (χ4n) is 2.59. The van der Waals surface area contributed by atoms with Crippen LogP contribution in [0.15, 0.2) is 5.38 Å². The van der Waals surface area contributed by atoms with E-state index < -0.39 is 0 Å². The number of piperidine rings is 1. The lowest BCUT2D eigenvalue weighted by molar-refractivity contribution is 0.0682. The van der Waals surface area contributed by atoms with E-state index in [2.05, 4.69) is 24.1 Å². The molecular weight excluding hydrogens is 341 g/mol. The summed E-state index contributed by atoms with van der Waals surface area (Å²) in [6.07, 6.45) is 3.45. The summed E-state index contributed by atoms with van der Waals surface area (Å²) in [5.41, 5.74) is 0.632. The summed E-state index contributed by atoms with van der Waals surface area (Å²) in [5, 5.41) is 6.16. The van der Waals surface area contributed by atoms with Gasteiger partial charge in [0.05, 0.1) is 5.01 Å². The molecule has 0 aliphatic carbocycles. The number of aromatic nitrogens is 1. The van der Waals surface area contributed by atoms with Gasteiger partial charge in [-0.2, -0.15) is 0 Å². The number of nitrogens with zero attached hydrogens (tertiary/aromatic N) is 2. The van der Waals surface area contributed by atoms with E-state index >= 15 is 0 Å². The second kappa shape index (κ2) is 10.4. The van der Waals surface area contributed by atoms with Gasteiger partial charge in [-0.1, -0.05) is 13.8 Å². The van der Waals surface area contributed by atoms with Crippen molar-refractivity contribution in [2.24, 2.45) is 5.92 Å². The van der Waals surface area contributed by atoms with E-state index in [1.807, 2.05) is 17.3 Å². The topological polar surface area (TPSA) is 45.2 Å². The number of halogens is 2. The zero-order chi connectivity index (χ0) is 14.5. The predicted molar refractivity (Wildman–Crippen MR) is 97.9 cm³/mol. The van der Waals surface area contributed by atoms with E-state index in [4.69, 9.17) is 0 Å². The van der Waals surface area contributed by atoms with Crippen LogP contribution in [0.5, 0.6) is 0 Å². The molecule has 0 atom stereocenters. The molecule has 1 N–H and O–H groups in total. The van der Waals surface area contributed by atoms with Crippen molar-refractivity contribution >= 4 is 42.1 Å². The minimum Gasteiger partial charge on any atom is -0.337 e. The van der Waals surface area contributed by atoms with Gasteiger partial charge >= 0.3 is 0 Å². The molecule has 0 unspecified atom stereocenters. The van der Waals surface area contributed by atoms with Gasteiger partial charge in [0.1, 0.15) is 5.69 Å². The Labute approximate surface area is 149 Å². The summed E-state index contributed by atoms with van der Waals surface area (Å²) in [6.45, 7) is 7.05. The molecular formula is C15H27Cl2N3OS. The molecule has 1 fully saturated rings. The van der Waals surface area contributed by atoms with Crippen molar-refractivity contribution in [2.45, 2.75) is 39.0 Å². The molecule has 1 aliphatic heterocycles. The van der Waals surface area contributed by atoms with E-state index in [0.29, 0.717) is 11.6 Å². The van der Waals surface area contributed by atoms with Crippen LogP contribution in [-0.2, 0) is 0 Å². The molecule has 1 aliphatic rings. The number of nitrogens with one attached hydrogen (secondary N) is 1. The molecule has 1 aromatic rings. The van der Waals surface area contributed by atoms with E-state index in [9.17, 15) is 4.79 Å². The Bertz CT molecular complexity index is 446. The highest BCUT2D eigenvalue weighted by Gasteiger charge is 2.24. The monoisotopic (exact) mass is 367 g/mol. The summed E-state index contributed by atoms with van der Waals surface area (Å²) in [5.74, 6) is 1.27. The van der Waals surface area contributed by atoms with Gasteiger partial charge in [0.15, 0.2) is 0 Å². The summed E-state index contributed by atoms with van der Waals surface area (Å²) >= 11 is 1.59. The largest absolute Gasteiger partial charge is 0.337 e. The van der Waals surface area contributed by atoms with Crippen LogP contribution >= 0.6 is 36.2 Å². The molecule has 0 aromatic carbocycles. The van der Waals surface area contributed by atoms with Crippen LogP contribution in [0.4, 0.5) is 0 Å². The lowest BCUT2D eigenvalue weighted by Crippen LogP contribution is -2.39. The number of thiazole rings is 1. The Kier molecular flexibility index (Phi) is 10.3. The number of likely N-dealkylation sites (tertiary alicyclic amines) is 1. The lowest BCUT2D eigenvalue weighted by atomic mass is 9.93. The van der Waals surface area contributed by atoms with Gasteiger partial charge in [0.25, 0.3) is 5.91 Å². The Hall–Kier alpha value is -0.360. The van der Waals surface area contributed by atoms with E-state index in [-0.39, 0.29) is 30.7 Å². The molecule has 0 radical (unpaired) electrons. The average Bonchev–Trinajstić information content (AvgIpc) is 2.95. The van der Waals surface area contributed by atoms with Crippen LogP contribution in [0.2, 0.25) is 0 Å². The van der Waals surface area contributed by atoms with Crippen LogP contribution in [0.1, 0.15) is 54.5 Å². The van der Waals surface area contributed by atoms with Gasteiger partial charge in [0.2, 0.25) is 0 Å². The average molecular weight is 368 g/mol. The molecule has 1 saturated heterocycles. The van der Waals surface area contributed by atoms with E-state index in [0.717, 1.165) is 43.4 Å². The third-order valence-corrected chi connectivity index (χ3v) is 5.08. The molecule has 22 heavy (non-hydrogen) atoms. The van der Waals surface area contributed by atoms with Gasteiger partial charge in [0, 0.05) is 24.4 Å². The van der Waals surface area contributed by atoms with Gasteiger partial charge in [-0.05, 0) is 38.8 Å². The second-order valence-electron chi connectivity index (χ2n) is 5.85. The lowest BCUT2D eigenvalue weighted by Gasteiger charge is -2.31. The SMILES string of the molecule is CNCCC1CCN(C(=O)c2csc(C(C)C)n2)CC1.Cl.Cl. The number of carbonyl (C=O) groups excluding carboxylic acids is 1. The molecule has 0 spiro atoms. The van der Waals surface area contributed by atoms with Crippen LogP contribution in [0.3, 0.4) is 0 Å². The van der Waals surface area contributed by atoms with Gasteiger partial charge in [-0.15, -0.1) is 36.2 Å². The van der Waals surface area contributed by atoms with Gasteiger partial charge in [-0.3, -0.25) is 4.79 Å². The van der Waals surface area contributed by atoms with Crippen molar-refractivity contribution in [3.63, 3.8) is 0 Å². The predicted octanol–water partition coefficient (Wildman–Crippen LogP) is 3.57. The number of rotatable bonds is 5. The van der Waals surface area contributed by atoms with Crippen LogP contribution in [0, 0.1) is 5.92 Å². The standard InChI is InChI=1S/C15H25N3OS.2ClH/c1-11(2)14-17-13(10-20-14)15(19)18-8-5-12(6-9-18)4-7-16-3;;/h10-12,16H,4-9H2,1-3H3;2*1H. The minimum absolute atomic E-state index is 0. The van der Waals surface area contributed by atoms with Gasteiger partial charge in [-0.25, -0.2) is 4.98 Å². The zero-order valence-electron chi connectivity index (χ0n) is 13.5. The third kappa shape index (κ3) is 5.69. The summed E-state index contributed by atoms with van der Waals surface area (Å²) in [4.78, 5) is 18.9. The first-order valence-corrected chi connectivity index (χ1v) is 8.39. The molecule has 0 bridgehead atoms. The highest BCUT2D eigenvalue weighted by atomic mass is 35.5. The summed E-state index contributed by atoms with van der Waals surface area (Å²) in [7, 11) is 1.99. The second-order valence-corrected chi connectivity index (χ2v) is 6.74. The molecule has 0 saturated carbocycles. The van der Waals surface area contributed by atoms with E-state index in [1.54, 1.807) is 11.3 Å². The third-order valence-electron chi connectivity index (χ3n) is 3.94. The Morgan fingerprint density at radius 3 is 2.55 bits per heavy atom. The number of carbonyl (C=O) groups is 1. The molecule has 128 valence electrons. The first-order valence-electron chi connectivity index (χ1n) is 7.51. The van der Waals surface area contributed by atoms with Gasteiger partial charge < -0.3 is 10.2 Å². The molecule has 7 heteroatoms.